The van der Waals surface area contributed by atoms with Gasteiger partial charge in [0.05, 0.1) is 12.7 Å². The fourth-order valence-corrected chi connectivity index (χ4v) is 7.35. The van der Waals surface area contributed by atoms with Crippen LogP contribution in [0.5, 0.6) is 0 Å². The topological polar surface area (TPSA) is 230 Å². The minimum Gasteiger partial charge on any atom is -0.462 e. The van der Waals surface area contributed by atoms with E-state index in [1.807, 2.05) is 12.2 Å². The number of esters is 2. The predicted octanol–water partition coefficient (Wildman–Crippen LogP) is 7.14. The number of hydrogen-bond acceptors (Lipinski definition) is 13. The molecule has 0 spiro atoms. The molecule has 1 rings (SSSR count). The number of unbranched alkanes of at least 4 members (excludes halogenated alkanes) is 12. The first-order valence-corrected chi connectivity index (χ1v) is 23.7. The molecule has 0 aromatic rings. The number of aliphatic hydroxyl groups excluding tert-OH is 6. The van der Waals surface area contributed by atoms with E-state index in [-0.39, 0.29) is 25.7 Å². The van der Waals surface area contributed by atoms with E-state index in [9.17, 15) is 49.7 Å². The fourth-order valence-electron chi connectivity index (χ4n) is 6.37. The number of aliphatic hydroxyl groups is 6. The lowest BCUT2D eigenvalue weighted by Gasteiger charge is -2.41. The smallest absolute Gasteiger partial charge is 0.462 e. The normalized spacial score (nSPS) is 23.3. The molecule has 7 N–H and O–H groups in total. The van der Waals surface area contributed by atoms with E-state index in [0.29, 0.717) is 6.42 Å². The van der Waals surface area contributed by atoms with Crippen molar-refractivity contribution in [1.82, 2.24) is 0 Å². The highest BCUT2D eigenvalue weighted by Gasteiger charge is 2.51. The van der Waals surface area contributed by atoms with Gasteiger partial charge in [0.15, 0.2) is 6.10 Å². The van der Waals surface area contributed by atoms with Crippen molar-refractivity contribution >= 4 is 19.8 Å². The van der Waals surface area contributed by atoms with Crippen molar-refractivity contribution in [3.63, 3.8) is 0 Å². The van der Waals surface area contributed by atoms with Crippen LogP contribution in [0.1, 0.15) is 149 Å². The van der Waals surface area contributed by atoms with Gasteiger partial charge in [-0.15, -0.1) is 0 Å². The van der Waals surface area contributed by atoms with E-state index in [4.69, 9.17) is 18.5 Å². The van der Waals surface area contributed by atoms with Crippen LogP contribution in [0.25, 0.3) is 0 Å². The fraction of sp³-hybridized carbons (Fsp3) is 0.733. The van der Waals surface area contributed by atoms with Gasteiger partial charge >= 0.3 is 19.8 Å². The molecule has 0 heterocycles. The highest BCUT2D eigenvalue weighted by Crippen LogP contribution is 2.47. The summed E-state index contributed by atoms with van der Waals surface area (Å²) < 4.78 is 33.3. The van der Waals surface area contributed by atoms with Gasteiger partial charge in [-0.1, -0.05) is 152 Å². The number of carbonyl (C=O) groups is 2. The number of rotatable bonds is 35. The van der Waals surface area contributed by atoms with Gasteiger partial charge in [-0.2, -0.15) is 0 Å². The maximum absolute atomic E-state index is 12.8. The highest BCUT2D eigenvalue weighted by molar-refractivity contribution is 7.47. The summed E-state index contributed by atoms with van der Waals surface area (Å²) in [4.78, 5) is 35.6. The molecule has 7 atom stereocenters. The summed E-state index contributed by atoms with van der Waals surface area (Å²) in [5.74, 6) is -1.31. The van der Waals surface area contributed by atoms with Crippen LogP contribution in [0.4, 0.5) is 0 Å². The van der Waals surface area contributed by atoms with Crippen LogP contribution in [0.2, 0.25) is 0 Å². The van der Waals surface area contributed by atoms with E-state index in [0.717, 1.165) is 51.4 Å². The van der Waals surface area contributed by atoms with Crippen molar-refractivity contribution in [2.24, 2.45) is 0 Å². The van der Waals surface area contributed by atoms with Gasteiger partial charge in [0.1, 0.15) is 43.2 Å². The lowest BCUT2D eigenvalue weighted by molar-refractivity contribution is -0.220. The largest absolute Gasteiger partial charge is 0.472 e. The maximum atomic E-state index is 12.8. The van der Waals surface area contributed by atoms with Gasteiger partial charge in [-0.25, -0.2) is 4.57 Å². The van der Waals surface area contributed by atoms with Crippen LogP contribution in [0.15, 0.2) is 60.8 Å². The maximum Gasteiger partial charge on any atom is 0.472 e. The summed E-state index contributed by atoms with van der Waals surface area (Å²) in [5.41, 5.74) is 0. The zero-order chi connectivity index (χ0) is 44.4. The number of carbonyl (C=O) groups excluding carboxylic acids is 2. The zero-order valence-electron chi connectivity index (χ0n) is 36.1. The molecule has 14 nitrogen and oxygen atoms in total. The Morgan fingerprint density at radius 2 is 1.08 bits per heavy atom. The molecule has 0 amide bonds. The van der Waals surface area contributed by atoms with Crippen LogP contribution < -0.4 is 0 Å². The van der Waals surface area contributed by atoms with Gasteiger partial charge in [0.2, 0.25) is 0 Å². The van der Waals surface area contributed by atoms with E-state index in [1.54, 1.807) is 12.2 Å². The van der Waals surface area contributed by atoms with Crippen LogP contribution in [0, 0.1) is 0 Å². The second kappa shape index (κ2) is 35.0. The molecular weight excluding hydrogens is 795 g/mol. The summed E-state index contributed by atoms with van der Waals surface area (Å²) >= 11 is 0. The molecule has 0 aromatic heterocycles. The second-order valence-corrected chi connectivity index (χ2v) is 16.8. The standard InChI is InChI=1S/C45H77O14P/c1-3-5-7-9-11-13-15-17-19-21-23-25-27-30-36(46)31-29-33-39(48)58-37(35-57-60(54,55)59-45-43(52)41(50)40(49)42(51)44(45)53)34-56-38(47)32-28-26-24-22-20-18-16-14-12-10-8-6-4-2/h5,7,11,13,17,19,23,25,27,30,36-37,40-46,49-53H,3-4,6,8-10,12,14-16,18,20-22,24,26,28-29,31-35H2,1-2H3,(H,54,55)/b7-5-,13-11-,19-17-,25-23-,30-27+. The van der Waals surface area contributed by atoms with Crippen molar-refractivity contribution in [3.8, 4) is 0 Å². The summed E-state index contributed by atoms with van der Waals surface area (Å²) in [5, 5.41) is 60.4. The Bertz CT molecular complexity index is 1300. The lowest BCUT2D eigenvalue weighted by Crippen LogP contribution is -2.64. The first-order chi connectivity index (χ1) is 28.8. The van der Waals surface area contributed by atoms with Crippen molar-refractivity contribution in [2.45, 2.75) is 198 Å². The van der Waals surface area contributed by atoms with Crippen molar-refractivity contribution < 1.29 is 68.2 Å². The van der Waals surface area contributed by atoms with Gasteiger partial charge in [-0.05, 0) is 44.9 Å². The van der Waals surface area contributed by atoms with E-state index >= 15 is 0 Å². The number of phosphoric acid groups is 1. The van der Waals surface area contributed by atoms with Crippen molar-refractivity contribution in [2.75, 3.05) is 13.2 Å². The molecule has 60 heavy (non-hydrogen) atoms. The molecule has 0 aliphatic heterocycles. The Balaban J connectivity index is 2.58. The summed E-state index contributed by atoms with van der Waals surface area (Å²) in [6, 6.07) is 0. The lowest BCUT2D eigenvalue weighted by atomic mass is 9.85. The summed E-state index contributed by atoms with van der Waals surface area (Å²) in [6.07, 6.45) is 24.4. The first-order valence-electron chi connectivity index (χ1n) is 22.2. The summed E-state index contributed by atoms with van der Waals surface area (Å²) in [6.45, 7) is 3.00. The molecule has 0 saturated heterocycles. The minimum atomic E-state index is -5.17. The molecule has 1 saturated carbocycles. The zero-order valence-corrected chi connectivity index (χ0v) is 37.0. The van der Waals surface area contributed by atoms with Crippen LogP contribution >= 0.6 is 7.82 Å². The molecule has 0 radical (unpaired) electrons. The minimum absolute atomic E-state index is 0.126. The molecule has 7 unspecified atom stereocenters. The monoisotopic (exact) mass is 873 g/mol. The Morgan fingerprint density at radius 3 is 1.63 bits per heavy atom. The van der Waals surface area contributed by atoms with Crippen LogP contribution in [0.3, 0.4) is 0 Å². The average Bonchev–Trinajstić information content (AvgIpc) is 3.22. The predicted molar refractivity (Wildman–Crippen MR) is 232 cm³/mol. The number of allylic oxidation sites excluding steroid dienone is 9. The summed E-state index contributed by atoms with van der Waals surface area (Å²) in [7, 11) is -5.17. The SMILES string of the molecule is CC/C=C\C/C=C\C/C=C\C/C=C\C=C\C(O)CCCC(=O)OC(COC(=O)CCCCCCCCCCCCCCC)COP(=O)(O)OC1C(O)C(O)C(O)C(O)C1O. The van der Waals surface area contributed by atoms with Gasteiger partial charge in [0.25, 0.3) is 0 Å². The Kier molecular flexibility index (Phi) is 32.4. The van der Waals surface area contributed by atoms with Crippen LogP contribution in [-0.2, 0) is 32.7 Å². The molecule has 15 heteroatoms. The van der Waals surface area contributed by atoms with E-state index < -0.39 is 81.8 Å². The third-order valence-corrected chi connectivity index (χ3v) is 11.0. The van der Waals surface area contributed by atoms with E-state index in [1.165, 1.54) is 51.4 Å². The van der Waals surface area contributed by atoms with Gasteiger partial charge in [-0.3, -0.25) is 18.6 Å². The molecule has 1 aliphatic carbocycles. The number of ether oxygens (including phenoxy) is 2. The quantitative estimate of drug-likeness (QED) is 0.0110. The highest BCUT2D eigenvalue weighted by atomic mass is 31.2. The molecule has 346 valence electrons. The molecule has 0 bridgehead atoms. The first kappa shape index (κ1) is 55.5. The molecule has 1 aliphatic rings. The van der Waals surface area contributed by atoms with E-state index in [2.05, 4.69) is 50.3 Å². The van der Waals surface area contributed by atoms with Crippen molar-refractivity contribution in [3.05, 3.63) is 60.8 Å². The molecular formula is C45H77O14P. The Hall–Kier alpha value is -2.49. The Labute approximate surface area is 358 Å². The molecule has 1 fully saturated rings. The van der Waals surface area contributed by atoms with Gasteiger partial charge in [0, 0.05) is 12.8 Å². The van der Waals surface area contributed by atoms with Crippen LogP contribution in [-0.4, -0.2) is 110 Å². The molecule has 0 aromatic carbocycles. The average molecular weight is 873 g/mol. The third kappa shape index (κ3) is 27.5. The van der Waals surface area contributed by atoms with Gasteiger partial charge < -0.3 is 45.0 Å². The number of hydrogen-bond donors (Lipinski definition) is 7. The van der Waals surface area contributed by atoms with Crippen molar-refractivity contribution in [1.29, 1.82) is 0 Å². The second-order valence-electron chi connectivity index (χ2n) is 15.4. The number of phosphoric ester groups is 1. The Morgan fingerprint density at radius 1 is 0.600 bits per heavy atom. The third-order valence-electron chi connectivity index (χ3n) is 9.98.